The molecular formula is C15H23N3O2. The van der Waals surface area contributed by atoms with Crippen LogP contribution in [0.2, 0.25) is 0 Å². The van der Waals surface area contributed by atoms with Gasteiger partial charge in [-0.05, 0) is 31.0 Å². The highest BCUT2D eigenvalue weighted by Crippen LogP contribution is 2.31. The SMILES string of the molecule is CCC(CC)(CO)Cn1c(CO)nc2cc(N)ccc21. The maximum atomic E-state index is 9.74. The number of hydrogen-bond acceptors (Lipinski definition) is 4. The van der Waals surface area contributed by atoms with Crippen LogP contribution in [0, 0.1) is 5.41 Å². The molecule has 0 bridgehead atoms. The summed E-state index contributed by atoms with van der Waals surface area (Å²) >= 11 is 0. The summed E-state index contributed by atoms with van der Waals surface area (Å²) in [5.74, 6) is 0.616. The number of nitrogens with zero attached hydrogens (tertiary/aromatic N) is 2. The van der Waals surface area contributed by atoms with Gasteiger partial charge < -0.3 is 20.5 Å². The molecule has 0 aliphatic carbocycles. The Morgan fingerprint density at radius 3 is 2.50 bits per heavy atom. The summed E-state index contributed by atoms with van der Waals surface area (Å²) in [6.45, 7) is 4.81. The summed E-state index contributed by atoms with van der Waals surface area (Å²) in [4.78, 5) is 4.43. The average Bonchev–Trinajstić information content (AvgIpc) is 2.81. The number of aliphatic hydroxyl groups is 2. The van der Waals surface area contributed by atoms with Gasteiger partial charge in [-0.1, -0.05) is 13.8 Å². The van der Waals surface area contributed by atoms with Crippen LogP contribution in [0.5, 0.6) is 0 Å². The zero-order chi connectivity index (χ0) is 14.8. The van der Waals surface area contributed by atoms with Gasteiger partial charge in [-0.3, -0.25) is 0 Å². The van der Waals surface area contributed by atoms with Gasteiger partial charge in [0.25, 0.3) is 0 Å². The van der Waals surface area contributed by atoms with E-state index in [2.05, 4.69) is 18.8 Å². The number of nitrogens with two attached hydrogens (primary N) is 1. The minimum absolute atomic E-state index is 0.122. The predicted molar refractivity (Wildman–Crippen MR) is 80.2 cm³/mol. The molecule has 2 rings (SSSR count). The quantitative estimate of drug-likeness (QED) is 0.704. The molecule has 0 aliphatic rings. The van der Waals surface area contributed by atoms with Gasteiger partial charge in [0.05, 0.1) is 17.6 Å². The van der Waals surface area contributed by atoms with Crippen molar-refractivity contribution in [3.05, 3.63) is 24.0 Å². The molecule has 0 unspecified atom stereocenters. The van der Waals surface area contributed by atoms with Crippen LogP contribution in [-0.4, -0.2) is 26.4 Å². The molecule has 0 spiro atoms. The molecule has 0 radical (unpaired) electrons. The lowest BCUT2D eigenvalue weighted by atomic mass is 9.83. The lowest BCUT2D eigenvalue weighted by Crippen LogP contribution is -2.30. The van der Waals surface area contributed by atoms with Gasteiger partial charge in [0, 0.05) is 17.6 Å². The van der Waals surface area contributed by atoms with Gasteiger partial charge in [-0.25, -0.2) is 4.98 Å². The van der Waals surface area contributed by atoms with Crippen LogP contribution in [0.3, 0.4) is 0 Å². The van der Waals surface area contributed by atoms with Crippen molar-refractivity contribution >= 4 is 16.7 Å². The molecule has 1 heterocycles. The second-order valence-electron chi connectivity index (χ2n) is 5.39. The van der Waals surface area contributed by atoms with Crippen molar-refractivity contribution in [2.75, 3.05) is 12.3 Å². The first kappa shape index (κ1) is 14.8. The van der Waals surface area contributed by atoms with Crippen LogP contribution in [0.15, 0.2) is 18.2 Å². The van der Waals surface area contributed by atoms with E-state index in [1.807, 2.05) is 22.8 Å². The molecule has 0 fully saturated rings. The first-order valence-electron chi connectivity index (χ1n) is 7.05. The normalized spacial score (nSPS) is 12.2. The maximum absolute atomic E-state index is 9.74. The highest BCUT2D eigenvalue weighted by atomic mass is 16.3. The zero-order valence-electron chi connectivity index (χ0n) is 12.1. The van der Waals surface area contributed by atoms with Gasteiger partial charge in [0.1, 0.15) is 12.4 Å². The predicted octanol–water partition coefficient (Wildman–Crippen LogP) is 1.91. The third kappa shape index (κ3) is 2.51. The number of rotatable bonds is 6. The standard InChI is InChI=1S/C15H23N3O2/c1-3-15(4-2,10-20)9-18-13-6-5-11(16)7-12(13)17-14(18)8-19/h5-7,19-20H,3-4,8-10,16H2,1-2H3. The van der Waals surface area contributed by atoms with Gasteiger partial charge in [0.15, 0.2) is 0 Å². The molecule has 0 saturated heterocycles. The fraction of sp³-hybridized carbons (Fsp3) is 0.533. The Labute approximate surface area is 119 Å². The fourth-order valence-corrected chi connectivity index (χ4v) is 2.58. The van der Waals surface area contributed by atoms with Crippen LogP contribution < -0.4 is 5.73 Å². The van der Waals surface area contributed by atoms with Crippen molar-refractivity contribution in [3.63, 3.8) is 0 Å². The molecule has 0 aliphatic heterocycles. The van der Waals surface area contributed by atoms with Gasteiger partial charge in [-0.15, -0.1) is 0 Å². The van der Waals surface area contributed by atoms with Crippen molar-refractivity contribution in [2.45, 2.75) is 39.8 Å². The van der Waals surface area contributed by atoms with Gasteiger partial charge in [-0.2, -0.15) is 0 Å². The summed E-state index contributed by atoms with van der Waals surface area (Å²) in [5.41, 5.74) is 7.99. The first-order valence-corrected chi connectivity index (χ1v) is 7.05. The van der Waals surface area contributed by atoms with Crippen molar-refractivity contribution in [1.29, 1.82) is 0 Å². The summed E-state index contributed by atoms with van der Waals surface area (Å²) in [6.07, 6.45) is 1.75. The maximum Gasteiger partial charge on any atom is 0.135 e. The monoisotopic (exact) mass is 277 g/mol. The van der Waals surface area contributed by atoms with E-state index in [0.29, 0.717) is 18.1 Å². The fourth-order valence-electron chi connectivity index (χ4n) is 2.58. The van der Waals surface area contributed by atoms with Gasteiger partial charge in [0.2, 0.25) is 0 Å². The largest absolute Gasteiger partial charge is 0.399 e. The van der Waals surface area contributed by atoms with Crippen molar-refractivity contribution in [2.24, 2.45) is 5.41 Å². The molecule has 1 aromatic heterocycles. The molecule has 1 aromatic carbocycles. The Morgan fingerprint density at radius 2 is 1.95 bits per heavy atom. The van der Waals surface area contributed by atoms with E-state index in [4.69, 9.17) is 5.73 Å². The van der Waals surface area contributed by atoms with E-state index in [0.717, 1.165) is 23.9 Å². The molecule has 0 atom stereocenters. The number of imidazole rings is 1. The lowest BCUT2D eigenvalue weighted by Gasteiger charge is -2.30. The van der Waals surface area contributed by atoms with E-state index < -0.39 is 0 Å². The summed E-state index contributed by atoms with van der Waals surface area (Å²) in [7, 11) is 0. The Balaban J connectivity index is 2.52. The molecule has 4 N–H and O–H groups in total. The summed E-state index contributed by atoms with van der Waals surface area (Å²) in [6, 6.07) is 5.56. The van der Waals surface area contributed by atoms with E-state index in [1.54, 1.807) is 0 Å². The molecule has 5 heteroatoms. The molecule has 0 amide bonds. The number of aliphatic hydroxyl groups excluding tert-OH is 2. The van der Waals surface area contributed by atoms with Crippen LogP contribution >= 0.6 is 0 Å². The van der Waals surface area contributed by atoms with E-state index in [-0.39, 0.29) is 18.6 Å². The highest BCUT2D eigenvalue weighted by Gasteiger charge is 2.27. The molecule has 2 aromatic rings. The second-order valence-corrected chi connectivity index (χ2v) is 5.39. The zero-order valence-corrected chi connectivity index (χ0v) is 12.1. The Kier molecular flexibility index (Phi) is 4.30. The third-order valence-electron chi connectivity index (χ3n) is 4.32. The molecule has 5 nitrogen and oxygen atoms in total. The van der Waals surface area contributed by atoms with Crippen LogP contribution in [0.1, 0.15) is 32.5 Å². The topological polar surface area (TPSA) is 84.3 Å². The first-order chi connectivity index (χ1) is 9.59. The average molecular weight is 277 g/mol. The Bertz CT molecular complexity index is 580. The minimum atomic E-state index is -0.182. The van der Waals surface area contributed by atoms with Crippen LogP contribution in [-0.2, 0) is 13.2 Å². The Morgan fingerprint density at radius 1 is 1.25 bits per heavy atom. The number of nitrogen functional groups attached to an aromatic ring is 1. The molecule has 0 saturated carbocycles. The Hall–Kier alpha value is -1.59. The third-order valence-corrected chi connectivity index (χ3v) is 4.32. The minimum Gasteiger partial charge on any atom is -0.399 e. The van der Waals surface area contributed by atoms with E-state index >= 15 is 0 Å². The van der Waals surface area contributed by atoms with Crippen LogP contribution in [0.25, 0.3) is 11.0 Å². The van der Waals surface area contributed by atoms with E-state index in [1.165, 1.54) is 0 Å². The second kappa shape index (κ2) is 5.81. The number of anilines is 1. The van der Waals surface area contributed by atoms with Gasteiger partial charge >= 0.3 is 0 Å². The summed E-state index contributed by atoms with van der Waals surface area (Å²) in [5, 5.41) is 19.3. The molecule has 20 heavy (non-hydrogen) atoms. The smallest absolute Gasteiger partial charge is 0.135 e. The van der Waals surface area contributed by atoms with Crippen molar-refractivity contribution in [3.8, 4) is 0 Å². The van der Waals surface area contributed by atoms with Crippen molar-refractivity contribution in [1.82, 2.24) is 9.55 Å². The molecular weight excluding hydrogens is 254 g/mol. The number of hydrogen-bond donors (Lipinski definition) is 3. The van der Waals surface area contributed by atoms with E-state index in [9.17, 15) is 10.2 Å². The number of benzene rings is 1. The highest BCUT2D eigenvalue weighted by molar-refractivity contribution is 5.79. The summed E-state index contributed by atoms with van der Waals surface area (Å²) < 4.78 is 2.00. The number of fused-ring (bicyclic) bond motifs is 1. The lowest BCUT2D eigenvalue weighted by molar-refractivity contribution is 0.0945. The van der Waals surface area contributed by atoms with Crippen molar-refractivity contribution < 1.29 is 10.2 Å². The van der Waals surface area contributed by atoms with Crippen LogP contribution in [0.4, 0.5) is 5.69 Å². The number of aromatic nitrogens is 2. The molecule has 110 valence electrons.